The van der Waals surface area contributed by atoms with Crippen LogP contribution in [0.2, 0.25) is 0 Å². The van der Waals surface area contributed by atoms with Crippen LogP contribution in [0.3, 0.4) is 0 Å². The van der Waals surface area contributed by atoms with Gasteiger partial charge in [0.1, 0.15) is 0 Å². The van der Waals surface area contributed by atoms with Crippen molar-refractivity contribution >= 4 is 17.5 Å². The molecule has 0 aliphatic carbocycles. The summed E-state index contributed by atoms with van der Waals surface area (Å²) in [7, 11) is 0. The number of amides is 2. The van der Waals surface area contributed by atoms with Crippen LogP contribution in [-0.4, -0.2) is 11.8 Å². The van der Waals surface area contributed by atoms with E-state index >= 15 is 0 Å². The zero-order chi connectivity index (χ0) is 12.8. The molecule has 0 radical (unpaired) electrons. The smallest absolute Gasteiger partial charge is 0.258 e. The molecule has 3 nitrogen and oxygen atoms in total. The molecule has 1 aliphatic heterocycles. The fourth-order valence-corrected chi connectivity index (χ4v) is 1.23. The lowest BCUT2D eigenvalue weighted by atomic mass is 10.3. The lowest BCUT2D eigenvalue weighted by molar-refractivity contribution is -0.119. The van der Waals surface area contributed by atoms with E-state index in [2.05, 4.69) is 6.58 Å². The number of carbonyl (C=O) groups excluding carboxylic acids is 2. The molecule has 0 bridgehead atoms. The van der Waals surface area contributed by atoms with Crippen LogP contribution >= 0.6 is 0 Å². The lowest BCUT2D eigenvalue weighted by Crippen LogP contribution is -2.29. The number of anilines is 1. The molecule has 3 heteroatoms. The first-order chi connectivity index (χ1) is 8.02. The zero-order valence-corrected chi connectivity index (χ0v) is 10.0. The predicted octanol–water partition coefficient (Wildman–Crippen LogP) is 2.70. The first-order valence-corrected chi connectivity index (χ1v) is 5.25. The topological polar surface area (TPSA) is 37.4 Å². The molecule has 0 unspecified atom stereocenters. The number of carbonyl (C=O) groups is 2. The van der Waals surface area contributed by atoms with Gasteiger partial charge in [-0.05, 0) is 26.0 Å². The molecule has 2 rings (SSSR count). The zero-order valence-electron chi connectivity index (χ0n) is 10.0. The molecule has 0 spiro atoms. The van der Waals surface area contributed by atoms with Crippen LogP contribution < -0.4 is 4.90 Å². The molecule has 0 saturated carbocycles. The van der Waals surface area contributed by atoms with Crippen LogP contribution in [0, 0.1) is 0 Å². The summed E-state index contributed by atoms with van der Waals surface area (Å²) in [6.45, 7) is 7.50. The van der Waals surface area contributed by atoms with Gasteiger partial charge in [-0.1, -0.05) is 23.8 Å². The summed E-state index contributed by atoms with van der Waals surface area (Å²) >= 11 is 0. The van der Waals surface area contributed by atoms with Crippen molar-refractivity contribution in [3.8, 4) is 0 Å². The quantitative estimate of drug-likeness (QED) is 0.548. The minimum atomic E-state index is -0.281. The van der Waals surface area contributed by atoms with E-state index in [1.807, 2.05) is 19.9 Å². The van der Waals surface area contributed by atoms with Crippen LogP contribution in [-0.2, 0) is 9.59 Å². The molecule has 1 aromatic rings. The van der Waals surface area contributed by atoms with Crippen molar-refractivity contribution in [2.24, 2.45) is 0 Å². The molecule has 1 aromatic carbocycles. The number of allylic oxidation sites excluding steroid dienone is 1. The number of nitrogens with zero attached hydrogens (tertiary/aromatic N) is 1. The van der Waals surface area contributed by atoms with Gasteiger partial charge in [-0.25, -0.2) is 4.90 Å². The normalized spacial score (nSPS) is 13.4. The summed E-state index contributed by atoms with van der Waals surface area (Å²) in [5, 5.41) is 0. The lowest BCUT2D eigenvalue weighted by Gasteiger charge is -2.12. The van der Waals surface area contributed by atoms with Gasteiger partial charge in [0.25, 0.3) is 11.8 Å². The highest BCUT2D eigenvalue weighted by Gasteiger charge is 2.24. The van der Waals surface area contributed by atoms with Crippen molar-refractivity contribution in [3.05, 3.63) is 54.6 Å². The molecule has 0 N–H and O–H groups in total. The Morgan fingerprint density at radius 1 is 1.00 bits per heavy atom. The monoisotopic (exact) mass is 229 g/mol. The van der Waals surface area contributed by atoms with Gasteiger partial charge >= 0.3 is 0 Å². The third-order valence-electron chi connectivity index (χ3n) is 1.82. The van der Waals surface area contributed by atoms with Crippen molar-refractivity contribution < 1.29 is 9.59 Å². The minimum Gasteiger partial charge on any atom is -0.269 e. The third-order valence-corrected chi connectivity index (χ3v) is 1.82. The maximum atomic E-state index is 11.2. The van der Waals surface area contributed by atoms with E-state index in [0.29, 0.717) is 5.69 Å². The Balaban J connectivity index is 0.000000317. The average molecular weight is 229 g/mol. The standard InChI is InChI=1S/C10H7NO2.C4H8/c12-9-6-7-10(13)11(9)8-4-2-1-3-5-8;1-4(2)3/h1-7H;1H2,2-3H3. The van der Waals surface area contributed by atoms with Crippen molar-refractivity contribution in [2.75, 3.05) is 4.90 Å². The molecule has 2 amide bonds. The molecule has 1 heterocycles. The van der Waals surface area contributed by atoms with Crippen LogP contribution in [0.1, 0.15) is 13.8 Å². The number of para-hydroxylation sites is 1. The highest BCUT2D eigenvalue weighted by molar-refractivity contribution is 6.28. The summed E-state index contributed by atoms with van der Waals surface area (Å²) in [5.41, 5.74) is 1.78. The Kier molecular flexibility index (Phi) is 4.40. The van der Waals surface area contributed by atoms with Crippen molar-refractivity contribution in [2.45, 2.75) is 13.8 Å². The van der Waals surface area contributed by atoms with Gasteiger partial charge in [0.2, 0.25) is 0 Å². The second kappa shape index (κ2) is 5.80. The molecule has 17 heavy (non-hydrogen) atoms. The van der Waals surface area contributed by atoms with Gasteiger partial charge in [0.05, 0.1) is 5.69 Å². The Morgan fingerprint density at radius 2 is 1.41 bits per heavy atom. The molecule has 0 aromatic heterocycles. The predicted molar refractivity (Wildman–Crippen MR) is 68.6 cm³/mol. The maximum Gasteiger partial charge on any atom is 0.258 e. The van der Waals surface area contributed by atoms with E-state index in [0.717, 1.165) is 4.90 Å². The Morgan fingerprint density at radius 3 is 1.82 bits per heavy atom. The van der Waals surface area contributed by atoms with Crippen molar-refractivity contribution in [1.82, 2.24) is 0 Å². The van der Waals surface area contributed by atoms with Crippen LogP contribution in [0.5, 0.6) is 0 Å². The summed E-state index contributed by atoms with van der Waals surface area (Å²) in [5.74, 6) is -0.563. The summed E-state index contributed by atoms with van der Waals surface area (Å²) in [6.07, 6.45) is 2.55. The van der Waals surface area contributed by atoms with Crippen LogP contribution in [0.4, 0.5) is 5.69 Å². The van der Waals surface area contributed by atoms with E-state index in [1.54, 1.807) is 24.3 Å². The molecule has 88 valence electrons. The second-order valence-corrected chi connectivity index (χ2v) is 3.89. The van der Waals surface area contributed by atoms with E-state index in [4.69, 9.17) is 0 Å². The average Bonchev–Trinajstić information content (AvgIpc) is 2.59. The van der Waals surface area contributed by atoms with Gasteiger partial charge in [0.15, 0.2) is 0 Å². The molecular weight excluding hydrogens is 214 g/mol. The van der Waals surface area contributed by atoms with Crippen molar-refractivity contribution in [1.29, 1.82) is 0 Å². The first-order valence-electron chi connectivity index (χ1n) is 5.25. The summed E-state index contributed by atoms with van der Waals surface area (Å²) < 4.78 is 0. The Labute approximate surface area is 101 Å². The first kappa shape index (κ1) is 12.9. The van der Waals surface area contributed by atoms with Gasteiger partial charge < -0.3 is 0 Å². The molecule has 0 atom stereocenters. The number of imide groups is 1. The fourth-order valence-electron chi connectivity index (χ4n) is 1.23. The SMILES string of the molecule is C=C(C)C.O=C1C=CC(=O)N1c1ccccc1. The van der Waals surface area contributed by atoms with E-state index in [9.17, 15) is 9.59 Å². The Bertz CT molecular complexity index is 438. The van der Waals surface area contributed by atoms with Crippen molar-refractivity contribution in [3.63, 3.8) is 0 Å². The van der Waals surface area contributed by atoms with Gasteiger partial charge in [-0.3, -0.25) is 9.59 Å². The highest BCUT2D eigenvalue weighted by atomic mass is 16.2. The largest absolute Gasteiger partial charge is 0.269 e. The minimum absolute atomic E-state index is 0.281. The fraction of sp³-hybridized carbons (Fsp3) is 0.143. The number of rotatable bonds is 1. The summed E-state index contributed by atoms with van der Waals surface area (Å²) in [4.78, 5) is 23.5. The van der Waals surface area contributed by atoms with E-state index in [-0.39, 0.29) is 11.8 Å². The summed E-state index contributed by atoms with van der Waals surface area (Å²) in [6, 6.07) is 8.86. The van der Waals surface area contributed by atoms with E-state index in [1.165, 1.54) is 17.7 Å². The van der Waals surface area contributed by atoms with Gasteiger partial charge in [0, 0.05) is 12.2 Å². The molecule has 0 fully saturated rings. The van der Waals surface area contributed by atoms with Crippen LogP contribution in [0.25, 0.3) is 0 Å². The van der Waals surface area contributed by atoms with Gasteiger partial charge in [-0.2, -0.15) is 0 Å². The number of hydrogen-bond acceptors (Lipinski definition) is 2. The molecular formula is C14H15NO2. The molecule has 0 saturated heterocycles. The third kappa shape index (κ3) is 3.72. The maximum absolute atomic E-state index is 11.2. The van der Waals surface area contributed by atoms with Crippen LogP contribution in [0.15, 0.2) is 54.6 Å². The van der Waals surface area contributed by atoms with E-state index < -0.39 is 0 Å². The van der Waals surface area contributed by atoms with Gasteiger partial charge in [-0.15, -0.1) is 6.58 Å². The highest BCUT2D eigenvalue weighted by Crippen LogP contribution is 2.17. The number of benzene rings is 1. The Hall–Kier alpha value is -2.16. The molecule has 1 aliphatic rings. The number of hydrogen-bond donors (Lipinski definition) is 0. The second-order valence-electron chi connectivity index (χ2n) is 3.89.